The molecule has 0 heterocycles. The van der Waals surface area contributed by atoms with E-state index in [0.29, 0.717) is 11.8 Å². The molecule has 0 heteroatoms. The molecule has 0 saturated heterocycles. The van der Waals surface area contributed by atoms with Crippen molar-refractivity contribution in [3.63, 3.8) is 0 Å². The lowest BCUT2D eigenvalue weighted by Gasteiger charge is -2.21. The van der Waals surface area contributed by atoms with Crippen molar-refractivity contribution in [1.82, 2.24) is 0 Å². The van der Waals surface area contributed by atoms with Gasteiger partial charge in [0.05, 0.1) is 0 Å². The molecule has 4 atom stereocenters. The van der Waals surface area contributed by atoms with Crippen LogP contribution in [0.2, 0.25) is 0 Å². The smallest absolute Gasteiger partial charge is 0.0272 e. The van der Waals surface area contributed by atoms with E-state index < -0.39 is 0 Å². The molecular formula is C15H32. The molecular weight excluding hydrogens is 180 g/mol. The lowest BCUT2D eigenvalue weighted by molar-refractivity contribution is 0.282. The highest BCUT2D eigenvalue weighted by Crippen LogP contribution is 2.44. The van der Waals surface area contributed by atoms with E-state index in [2.05, 4.69) is 48.5 Å². The summed E-state index contributed by atoms with van der Waals surface area (Å²) in [6, 6.07) is 0. The van der Waals surface area contributed by atoms with Gasteiger partial charge in [-0.15, -0.1) is 0 Å². The van der Waals surface area contributed by atoms with Crippen LogP contribution in [0.4, 0.5) is 0 Å². The first-order valence-corrected chi connectivity index (χ1v) is 6.78. The van der Waals surface area contributed by atoms with Gasteiger partial charge in [-0.25, -0.2) is 0 Å². The predicted octanol–water partition coefficient (Wildman–Crippen LogP) is 5.38. The summed E-state index contributed by atoms with van der Waals surface area (Å²) < 4.78 is 8.01. The molecule has 0 amide bonds. The number of hydrogen-bond acceptors (Lipinski definition) is 0. The molecule has 0 N–H and O–H groups in total. The standard InChI is InChI=1S/C11H22.C4H10/c1-5-10-8(3)7-9(4)11(10)6-2;1-4(2)3/h8-11H,5-7H2,1-4H3;4H,1-3H3/i7D;. The van der Waals surface area contributed by atoms with Crippen LogP contribution in [0.15, 0.2) is 0 Å². The minimum atomic E-state index is 0.194. The molecule has 1 fully saturated rings. The maximum Gasteiger partial charge on any atom is 0.0272 e. The van der Waals surface area contributed by atoms with Crippen LogP contribution in [0.5, 0.6) is 0 Å². The van der Waals surface area contributed by atoms with Crippen molar-refractivity contribution in [2.75, 3.05) is 0 Å². The van der Waals surface area contributed by atoms with Crippen LogP contribution in [0, 0.1) is 29.6 Å². The van der Waals surface area contributed by atoms with Gasteiger partial charge in [0.15, 0.2) is 0 Å². The van der Waals surface area contributed by atoms with E-state index in [1.165, 1.54) is 12.8 Å². The molecule has 0 aromatic carbocycles. The van der Waals surface area contributed by atoms with Crippen molar-refractivity contribution in [2.24, 2.45) is 29.6 Å². The molecule has 0 bridgehead atoms. The van der Waals surface area contributed by atoms with E-state index in [0.717, 1.165) is 17.8 Å². The zero-order valence-electron chi connectivity index (χ0n) is 12.9. The molecule has 1 rings (SSSR count). The number of rotatable bonds is 2. The fourth-order valence-corrected chi connectivity index (χ4v) is 2.89. The van der Waals surface area contributed by atoms with E-state index >= 15 is 0 Å². The van der Waals surface area contributed by atoms with Crippen molar-refractivity contribution in [1.29, 1.82) is 0 Å². The van der Waals surface area contributed by atoms with Crippen LogP contribution in [-0.4, -0.2) is 0 Å². The van der Waals surface area contributed by atoms with Gasteiger partial charge in [0, 0.05) is 1.37 Å². The largest absolute Gasteiger partial charge is 0.0651 e. The highest BCUT2D eigenvalue weighted by atomic mass is 14.4. The zero-order chi connectivity index (χ0) is 12.9. The van der Waals surface area contributed by atoms with Gasteiger partial charge in [0.2, 0.25) is 0 Å². The van der Waals surface area contributed by atoms with Crippen molar-refractivity contribution in [2.45, 2.75) is 67.7 Å². The summed E-state index contributed by atoms with van der Waals surface area (Å²) in [5.41, 5.74) is 0. The molecule has 92 valence electrons. The normalized spacial score (nSPS) is 41.1. The Labute approximate surface area is 99.3 Å². The minimum absolute atomic E-state index is 0.194. The van der Waals surface area contributed by atoms with E-state index in [1.54, 1.807) is 0 Å². The second-order valence-corrected chi connectivity index (χ2v) is 5.79. The van der Waals surface area contributed by atoms with Gasteiger partial charge in [-0.1, -0.05) is 61.3 Å². The average Bonchev–Trinajstić information content (AvgIpc) is 2.41. The Bertz CT molecular complexity index is 158. The molecule has 1 aliphatic rings. The van der Waals surface area contributed by atoms with Crippen LogP contribution in [0.1, 0.15) is 69.1 Å². The molecule has 1 aliphatic carbocycles. The third kappa shape index (κ3) is 5.04. The van der Waals surface area contributed by atoms with Crippen LogP contribution >= 0.6 is 0 Å². The monoisotopic (exact) mass is 213 g/mol. The highest BCUT2D eigenvalue weighted by molar-refractivity contribution is 4.85. The fourth-order valence-electron chi connectivity index (χ4n) is 2.89. The van der Waals surface area contributed by atoms with Crippen LogP contribution < -0.4 is 0 Å². The summed E-state index contributed by atoms with van der Waals surface area (Å²) in [7, 11) is 0. The Morgan fingerprint density at radius 1 is 1.00 bits per heavy atom. The van der Waals surface area contributed by atoms with Gasteiger partial charge < -0.3 is 0 Å². The zero-order valence-corrected chi connectivity index (χ0v) is 11.9. The molecule has 15 heavy (non-hydrogen) atoms. The summed E-state index contributed by atoms with van der Waals surface area (Å²) in [6.07, 6.45) is 2.72. The summed E-state index contributed by atoms with van der Waals surface area (Å²) in [6.45, 7) is 15.6. The molecule has 0 nitrogen and oxygen atoms in total. The first-order chi connectivity index (χ1) is 7.36. The van der Waals surface area contributed by atoms with Crippen molar-refractivity contribution < 1.29 is 1.37 Å². The van der Waals surface area contributed by atoms with Crippen molar-refractivity contribution in [3.8, 4) is 0 Å². The second-order valence-electron chi connectivity index (χ2n) is 5.79. The van der Waals surface area contributed by atoms with Crippen LogP contribution in [0.25, 0.3) is 0 Å². The topological polar surface area (TPSA) is 0 Å². The summed E-state index contributed by atoms with van der Waals surface area (Å²) in [4.78, 5) is 0. The van der Waals surface area contributed by atoms with Gasteiger partial charge in [-0.3, -0.25) is 0 Å². The molecule has 0 radical (unpaired) electrons. The minimum Gasteiger partial charge on any atom is -0.0651 e. The first-order valence-electron chi connectivity index (χ1n) is 7.36. The maximum atomic E-state index is 8.01. The van der Waals surface area contributed by atoms with Crippen LogP contribution in [-0.2, 0) is 0 Å². The third-order valence-corrected chi connectivity index (χ3v) is 3.45. The van der Waals surface area contributed by atoms with Gasteiger partial charge in [-0.2, -0.15) is 0 Å². The molecule has 1 saturated carbocycles. The molecule has 0 spiro atoms. The van der Waals surface area contributed by atoms with Crippen molar-refractivity contribution >= 4 is 0 Å². The SMILES string of the molecule is CC(C)C.[2H]C1C(C)C(CC)C(CC)C1C. The molecule has 0 aliphatic heterocycles. The van der Waals surface area contributed by atoms with Crippen LogP contribution in [0.3, 0.4) is 0 Å². The van der Waals surface area contributed by atoms with Gasteiger partial charge in [0.1, 0.15) is 0 Å². The van der Waals surface area contributed by atoms with E-state index in [1.807, 2.05) is 0 Å². The lowest BCUT2D eigenvalue weighted by atomic mass is 9.84. The molecule has 0 aromatic heterocycles. The first kappa shape index (κ1) is 13.1. The van der Waals surface area contributed by atoms with Gasteiger partial charge in [0.25, 0.3) is 0 Å². The predicted molar refractivity (Wildman–Crippen MR) is 71.0 cm³/mol. The Morgan fingerprint density at radius 2 is 1.27 bits per heavy atom. The Hall–Kier alpha value is 0. The quantitative estimate of drug-likeness (QED) is 0.578. The fraction of sp³-hybridized carbons (Fsp3) is 1.00. The molecule has 4 unspecified atom stereocenters. The summed E-state index contributed by atoms with van der Waals surface area (Å²) in [5, 5.41) is 0. The number of hydrogen-bond donors (Lipinski definition) is 0. The third-order valence-electron chi connectivity index (χ3n) is 3.45. The maximum absolute atomic E-state index is 8.01. The Kier molecular flexibility index (Phi) is 6.36. The second kappa shape index (κ2) is 7.30. The summed E-state index contributed by atoms with van der Waals surface area (Å²) in [5.74, 6) is 3.70. The van der Waals surface area contributed by atoms with E-state index in [9.17, 15) is 0 Å². The van der Waals surface area contributed by atoms with Gasteiger partial charge in [-0.05, 0) is 36.0 Å². The average molecular weight is 213 g/mol. The van der Waals surface area contributed by atoms with Gasteiger partial charge >= 0.3 is 0 Å². The summed E-state index contributed by atoms with van der Waals surface area (Å²) >= 11 is 0. The highest BCUT2D eigenvalue weighted by Gasteiger charge is 2.35. The lowest BCUT2D eigenvalue weighted by Crippen LogP contribution is -2.13. The van der Waals surface area contributed by atoms with E-state index in [4.69, 9.17) is 1.37 Å². The van der Waals surface area contributed by atoms with E-state index in [-0.39, 0.29) is 6.40 Å². The van der Waals surface area contributed by atoms with Crippen molar-refractivity contribution in [3.05, 3.63) is 0 Å². The Morgan fingerprint density at radius 3 is 1.47 bits per heavy atom. The Balaban J connectivity index is 0.000000487. The molecule has 0 aromatic rings.